The monoisotopic (exact) mass is 320 g/mol. The second-order valence-corrected chi connectivity index (χ2v) is 6.91. The predicted octanol–water partition coefficient (Wildman–Crippen LogP) is 3.01. The molecule has 23 heavy (non-hydrogen) atoms. The first kappa shape index (κ1) is 16.3. The summed E-state index contributed by atoms with van der Waals surface area (Å²) >= 11 is 0. The molecule has 1 N–H and O–H groups in total. The average molecular weight is 320 g/mol. The molecule has 1 aromatic heterocycles. The molecule has 2 amide bonds. The number of aromatic nitrogens is 2. The fourth-order valence-electron chi connectivity index (χ4n) is 4.39. The highest BCUT2D eigenvalue weighted by atomic mass is 16.5. The molecule has 2 fully saturated rings. The summed E-state index contributed by atoms with van der Waals surface area (Å²) in [7, 11) is 3.75. The standard InChI is InChI=1S/C17H28N4O2/c1-4-23-14-12-13(17(14)9-6-5-7-10-17)21(3)16(22)18-15-8-11-20(2)19-15/h8,11,13-14H,4-7,9-10,12H2,1-3H3,(H,18,19,22). The molecule has 2 aliphatic rings. The van der Waals surface area contributed by atoms with Crippen molar-refractivity contribution in [3.05, 3.63) is 12.3 Å². The lowest BCUT2D eigenvalue weighted by Gasteiger charge is -2.60. The van der Waals surface area contributed by atoms with Crippen LogP contribution in [-0.4, -0.2) is 46.5 Å². The fourth-order valence-corrected chi connectivity index (χ4v) is 4.39. The van der Waals surface area contributed by atoms with Crippen molar-refractivity contribution in [2.24, 2.45) is 12.5 Å². The third-order valence-electron chi connectivity index (χ3n) is 5.63. The number of ether oxygens (including phenoxy) is 1. The van der Waals surface area contributed by atoms with E-state index in [9.17, 15) is 4.79 Å². The van der Waals surface area contributed by atoms with E-state index in [1.165, 1.54) is 32.1 Å². The number of rotatable bonds is 4. The summed E-state index contributed by atoms with van der Waals surface area (Å²) in [6.07, 6.45) is 9.21. The summed E-state index contributed by atoms with van der Waals surface area (Å²) in [5.41, 5.74) is 0.157. The van der Waals surface area contributed by atoms with Crippen LogP contribution in [0, 0.1) is 5.41 Å². The highest BCUT2D eigenvalue weighted by Gasteiger charge is 2.57. The zero-order chi connectivity index (χ0) is 16.4. The van der Waals surface area contributed by atoms with Crippen molar-refractivity contribution in [2.45, 2.75) is 57.6 Å². The van der Waals surface area contributed by atoms with Gasteiger partial charge in [0.1, 0.15) is 0 Å². The van der Waals surface area contributed by atoms with Gasteiger partial charge in [0.15, 0.2) is 5.82 Å². The number of hydrogen-bond acceptors (Lipinski definition) is 3. The van der Waals surface area contributed by atoms with Crippen LogP contribution in [0.25, 0.3) is 0 Å². The topological polar surface area (TPSA) is 59.4 Å². The maximum absolute atomic E-state index is 12.6. The maximum atomic E-state index is 12.6. The molecule has 2 atom stereocenters. The van der Waals surface area contributed by atoms with Crippen molar-refractivity contribution in [1.82, 2.24) is 14.7 Å². The Kier molecular flexibility index (Phi) is 4.62. The molecule has 1 heterocycles. The smallest absolute Gasteiger partial charge is 0.323 e. The van der Waals surface area contributed by atoms with Gasteiger partial charge in [0.2, 0.25) is 0 Å². The van der Waals surface area contributed by atoms with Crippen LogP contribution < -0.4 is 5.32 Å². The summed E-state index contributed by atoms with van der Waals surface area (Å²) in [6.45, 7) is 2.81. The van der Waals surface area contributed by atoms with Crippen molar-refractivity contribution in [3.8, 4) is 0 Å². The molecule has 6 nitrogen and oxygen atoms in total. The van der Waals surface area contributed by atoms with Gasteiger partial charge in [-0.15, -0.1) is 0 Å². The Morgan fingerprint density at radius 1 is 1.48 bits per heavy atom. The van der Waals surface area contributed by atoms with E-state index in [2.05, 4.69) is 17.3 Å². The highest BCUT2D eigenvalue weighted by molar-refractivity contribution is 5.88. The number of aryl methyl sites for hydroxylation is 1. The molecule has 0 radical (unpaired) electrons. The van der Waals surface area contributed by atoms with Gasteiger partial charge < -0.3 is 9.64 Å². The lowest BCUT2D eigenvalue weighted by Crippen LogP contribution is -2.66. The minimum Gasteiger partial charge on any atom is -0.378 e. The van der Waals surface area contributed by atoms with Gasteiger partial charge in [0, 0.05) is 44.4 Å². The van der Waals surface area contributed by atoms with Crippen molar-refractivity contribution < 1.29 is 9.53 Å². The molecule has 0 bridgehead atoms. The quantitative estimate of drug-likeness (QED) is 0.927. The number of hydrogen-bond donors (Lipinski definition) is 1. The van der Waals surface area contributed by atoms with Crippen LogP contribution >= 0.6 is 0 Å². The Bertz CT molecular complexity index is 551. The molecular formula is C17H28N4O2. The van der Waals surface area contributed by atoms with Crippen LogP contribution in [0.4, 0.5) is 10.6 Å². The van der Waals surface area contributed by atoms with E-state index >= 15 is 0 Å². The molecule has 2 saturated carbocycles. The molecule has 2 unspecified atom stereocenters. The summed E-state index contributed by atoms with van der Waals surface area (Å²) in [5, 5.41) is 7.11. The van der Waals surface area contributed by atoms with Crippen LogP contribution in [0.1, 0.15) is 45.4 Å². The predicted molar refractivity (Wildman–Crippen MR) is 89.3 cm³/mol. The van der Waals surface area contributed by atoms with E-state index in [0.29, 0.717) is 11.9 Å². The number of urea groups is 1. The van der Waals surface area contributed by atoms with Crippen LogP contribution in [0.3, 0.4) is 0 Å². The Hall–Kier alpha value is -1.56. The molecule has 2 aliphatic carbocycles. The third-order valence-corrected chi connectivity index (χ3v) is 5.63. The second kappa shape index (κ2) is 6.51. The first-order valence-electron chi connectivity index (χ1n) is 8.72. The van der Waals surface area contributed by atoms with E-state index in [-0.39, 0.29) is 17.5 Å². The van der Waals surface area contributed by atoms with Gasteiger partial charge in [-0.25, -0.2) is 4.79 Å². The maximum Gasteiger partial charge on any atom is 0.323 e. The molecule has 3 rings (SSSR count). The number of carbonyl (C=O) groups is 1. The van der Waals surface area contributed by atoms with Gasteiger partial charge in [-0.05, 0) is 26.2 Å². The van der Waals surface area contributed by atoms with Crippen molar-refractivity contribution in [2.75, 3.05) is 19.0 Å². The molecule has 128 valence electrons. The summed E-state index contributed by atoms with van der Waals surface area (Å²) in [4.78, 5) is 14.4. The molecule has 0 aliphatic heterocycles. The number of nitrogens with zero attached hydrogens (tertiary/aromatic N) is 3. The third kappa shape index (κ3) is 2.96. The van der Waals surface area contributed by atoms with Crippen molar-refractivity contribution in [1.29, 1.82) is 0 Å². The number of nitrogens with one attached hydrogen (secondary N) is 1. The molecule has 0 saturated heterocycles. The summed E-state index contributed by atoms with van der Waals surface area (Å²) in [6, 6.07) is 2.00. The van der Waals surface area contributed by atoms with Crippen LogP contribution in [-0.2, 0) is 11.8 Å². The summed E-state index contributed by atoms with van der Waals surface area (Å²) in [5.74, 6) is 0.600. The largest absolute Gasteiger partial charge is 0.378 e. The lowest BCUT2D eigenvalue weighted by atomic mass is 9.54. The lowest BCUT2D eigenvalue weighted by molar-refractivity contribution is -0.169. The van der Waals surface area contributed by atoms with Crippen LogP contribution in [0.2, 0.25) is 0 Å². The van der Waals surface area contributed by atoms with E-state index < -0.39 is 0 Å². The van der Waals surface area contributed by atoms with Crippen LogP contribution in [0.5, 0.6) is 0 Å². The molecule has 1 aromatic rings. The van der Waals surface area contributed by atoms with E-state index in [1.807, 2.05) is 31.3 Å². The molecule has 1 spiro atoms. The number of carbonyl (C=O) groups excluding carboxylic acids is 1. The molecule has 6 heteroatoms. The van der Waals surface area contributed by atoms with E-state index in [1.54, 1.807) is 4.68 Å². The zero-order valence-electron chi connectivity index (χ0n) is 14.4. The van der Waals surface area contributed by atoms with Gasteiger partial charge >= 0.3 is 6.03 Å². The first-order chi connectivity index (χ1) is 11.1. The Morgan fingerprint density at radius 2 is 2.22 bits per heavy atom. The van der Waals surface area contributed by atoms with Gasteiger partial charge in [0.25, 0.3) is 0 Å². The SMILES string of the molecule is CCOC1CC(N(C)C(=O)Nc2ccn(C)n2)C12CCCCC2. The van der Waals surface area contributed by atoms with E-state index in [4.69, 9.17) is 4.74 Å². The van der Waals surface area contributed by atoms with Gasteiger partial charge in [-0.2, -0.15) is 5.10 Å². The van der Waals surface area contributed by atoms with Crippen LogP contribution in [0.15, 0.2) is 12.3 Å². The van der Waals surface area contributed by atoms with Gasteiger partial charge in [-0.1, -0.05) is 19.3 Å². The van der Waals surface area contributed by atoms with E-state index in [0.717, 1.165) is 13.0 Å². The van der Waals surface area contributed by atoms with Gasteiger partial charge in [0.05, 0.1) is 6.10 Å². The van der Waals surface area contributed by atoms with Crippen molar-refractivity contribution in [3.63, 3.8) is 0 Å². The number of amides is 2. The Balaban J connectivity index is 1.68. The average Bonchev–Trinajstić information content (AvgIpc) is 2.96. The second-order valence-electron chi connectivity index (χ2n) is 6.91. The minimum absolute atomic E-state index is 0.0754. The molecule has 0 aromatic carbocycles. The zero-order valence-corrected chi connectivity index (χ0v) is 14.4. The Labute approximate surface area is 138 Å². The molecular weight excluding hydrogens is 292 g/mol. The normalized spacial score (nSPS) is 25.9. The highest BCUT2D eigenvalue weighted by Crippen LogP contribution is 2.55. The number of anilines is 1. The fraction of sp³-hybridized carbons (Fsp3) is 0.765. The van der Waals surface area contributed by atoms with Gasteiger partial charge in [-0.3, -0.25) is 10.00 Å². The Morgan fingerprint density at radius 3 is 2.83 bits per heavy atom. The minimum atomic E-state index is -0.0754. The summed E-state index contributed by atoms with van der Waals surface area (Å²) < 4.78 is 7.67. The first-order valence-corrected chi connectivity index (χ1v) is 8.72. The van der Waals surface area contributed by atoms with Crippen molar-refractivity contribution >= 4 is 11.8 Å².